The number of alkyl halides is 5. The molecule has 1 aromatic rings. The number of benzene rings is 1. The van der Waals surface area contributed by atoms with Crippen molar-refractivity contribution >= 4 is 38.6 Å². The predicted molar refractivity (Wildman–Crippen MR) is 73.0 cm³/mol. The standard InChI is InChI=1S/C10H7F5INO4S/c11-9(12,13)8(10(14,15)22(19,20)21)17-7(18)5-3-1-2-4-6(5)16/h1-4,8H,(H,17,18)(H,19,20,21). The van der Waals surface area contributed by atoms with E-state index in [2.05, 4.69) is 0 Å². The average Bonchev–Trinajstić information content (AvgIpc) is 2.33. The van der Waals surface area contributed by atoms with E-state index in [0.717, 1.165) is 11.4 Å². The molecule has 0 spiro atoms. The van der Waals surface area contributed by atoms with Gasteiger partial charge < -0.3 is 5.32 Å². The van der Waals surface area contributed by atoms with E-state index in [1.54, 1.807) is 22.6 Å². The van der Waals surface area contributed by atoms with E-state index in [9.17, 15) is 35.2 Å². The van der Waals surface area contributed by atoms with Gasteiger partial charge in [-0.05, 0) is 34.7 Å². The van der Waals surface area contributed by atoms with Crippen molar-refractivity contribution in [1.29, 1.82) is 0 Å². The molecule has 0 radical (unpaired) electrons. The molecule has 0 fully saturated rings. The molecule has 0 aliphatic heterocycles. The van der Waals surface area contributed by atoms with E-state index >= 15 is 0 Å². The quantitative estimate of drug-likeness (QED) is 0.412. The molecule has 0 heterocycles. The maximum absolute atomic E-state index is 13.3. The Labute approximate surface area is 134 Å². The Morgan fingerprint density at radius 3 is 2.09 bits per heavy atom. The van der Waals surface area contributed by atoms with E-state index < -0.39 is 33.5 Å². The number of hydrogen-bond acceptors (Lipinski definition) is 3. The number of halogens is 6. The van der Waals surface area contributed by atoms with Gasteiger partial charge in [-0.3, -0.25) is 9.35 Å². The third-order valence-corrected chi connectivity index (χ3v) is 4.27. The fourth-order valence-corrected chi connectivity index (χ4v) is 2.48. The van der Waals surface area contributed by atoms with Gasteiger partial charge in [0, 0.05) is 3.57 Å². The van der Waals surface area contributed by atoms with E-state index in [1.165, 1.54) is 18.2 Å². The summed E-state index contributed by atoms with van der Waals surface area (Å²) in [4.78, 5) is 11.7. The first kappa shape index (κ1) is 19.0. The molecular weight excluding hydrogens is 452 g/mol. The van der Waals surface area contributed by atoms with Crippen LogP contribution < -0.4 is 5.32 Å². The molecule has 0 saturated carbocycles. The van der Waals surface area contributed by atoms with Crippen LogP contribution in [0.5, 0.6) is 0 Å². The summed E-state index contributed by atoms with van der Waals surface area (Å²) in [6.07, 6.45) is -5.81. The van der Waals surface area contributed by atoms with E-state index in [0.29, 0.717) is 0 Å². The molecule has 12 heteroatoms. The summed E-state index contributed by atoms with van der Waals surface area (Å²) in [7, 11) is -6.39. The Morgan fingerprint density at radius 1 is 1.18 bits per heavy atom. The molecule has 1 amide bonds. The number of hydrogen-bond donors (Lipinski definition) is 2. The molecule has 1 unspecified atom stereocenters. The van der Waals surface area contributed by atoms with Crippen LogP contribution >= 0.6 is 22.6 Å². The van der Waals surface area contributed by atoms with Gasteiger partial charge in [0.2, 0.25) is 6.04 Å². The first-order valence-electron chi connectivity index (χ1n) is 5.25. The van der Waals surface area contributed by atoms with Crippen molar-refractivity contribution in [1.82, 2.24) is 5.32 Å². The second-order valence-corrected chi connectivity index (χ2v) is 6.62. The summed E-state index contributed by atoms with van der Waals surface area (Å²) < 4.78 is 93.9. The van der Waals surface area contributed by atoms with Gasteiger partial charge in [0.05, 0.1) is 5.56 Å². The Kier molecular flexibility index (Phi) is 5.39. The van der Waals surface area contributed by atoms with Crippen molar-refractivity contribution in [3.05, 3.63) is 33.4 Å². The minimum Gasteiger partial charge on any atom is -0.334 e. The zero-order valence-corrected chi connectivity index (χ0v) is 13.2. The number of carbonyl (C=O) groups is 1. The van der Waals surface area contributed by atoms with Crippen LogP contribution in [0.3, 0.4) is 0 Å². The molecule has 5 nitrogen and oxygen atoms in total. The van der Waals surface area contributed by atoms with Crippen LogP contribution in [0.2, 0.25) is 0 Å². The van der Waals surface area contributed by atoms with Crippen molar-refractivity contribution in [2.24, 2.45) is 0 Å². The number of nitrogens with one attached hydrogen (secondary N) is 1. The molecule has 0 saturated heterocycles. The van der Waals surface area contributed by atoms with E-state index in [4.69, 9.17) is 4.55 Å². The van der Waals surface area contributed by atoms with Crippen molar-refractivity contribution in [3.8, 4) is 0 Å². The highest BCUT2D eigenvalue weighted by Crippen LogP contribution is 2.35. The molecule has 0 aromatic heterocycles. The third kappa shape index (κ3) is 4.04. The van der Waals surface area contributed by atoms with Crippen LogP contribution in [0.15, 0.2) is 24.3 Å². The molecule has 1 rings (SSSR count). The van der Waals surface area contributed by atoms with Crippen molar-refractivity contribution < 1.29 is 39.7 Å². The molecule has 0 aliphatic carbocycles. The molecular formula is C10H7F5INO4S. The predicted octanol–water partition coefficient (Wildman–Crippen LogP) is 2.43. The number of carbonyl (C=O) groups excluding carboxylic acids is 1. The lowest BCUT2D eigenvalue weighted by Crippen LogP contribution is -2.59. The van der Waals surface area contributed by atoms with Crippen LogP contribution in [-0.2, 0) is 10.1 Å². The van der Waals surface area contributed by atoms with Crippen molar-refractivity contribution in [2.45, 2.75) is 17.5 Å². The lowest BCUT2D eigenvalue weighted by Gasteiger charge is -2.27. The molecule has 0 aliphatic rings. The molecule has 1 atom stereocenters. The van der Waals surface area contributed by atoms with Gasteiger partial charge in [-0.1, -0.05) is 12.1 Å². The second-order valence-electron chi connectivity index (χ2n) is 3.96. The fraction of sp³-hybridized carbons (Fsp3) is 0.300. The van der Waals surface area contributed by atoms with E-state index in [-0.39, 0.29) is 9.13 Å². The highest BCUT2D eigenvalue weighted by Gasteiger charge is 2.64. The summed E-state index contributed by atoms with van der Waals surface area (Å²) in [6, 6.07) is 1.03. The summed E-state index contributed by atoms with van der Waals surface area (Å²) in [5.74, 6) is -1.56. The Hall–Kier alpha value is -1.02. The molecule has 22 heavy (non-hydrogen) atoms. The first-order valence-corrected chi connectivity index (χ1v) is 7.77. The summed E-state index contributed by atoms with van der Waals surface area (Å²) in [6.45, 7) is 0. The van der Waals surface area contributed by atoms with Crippen LogP contribution in [0.1, 0.15) is 10.4 Å². The minimum absolute atomic E-state index is 0.161. The molecule has 0 bridgehead atoms. The fourth-order valence-electron chi connectivity index (χ4n) is 1.36. The van der Waals surface area contributed by atoms with Crippen LogP contribution in [0.4, 0.5) is 22.0 Å². The molecule has 1 aromatic carbocycles. The zero-order valence-electron chi connectivity index (χ0n) is 10.2. The van der Waals surface area contributed by atoms with E-state index in [1.807, 2.05) is 0 Å². The van der Waals surface area contributed by atoms with Gasteiger partial charge in [-0.15, -0.1) is 0 Å². The highest BCUT2D eigenvalue weighted by molar-refractivity contribution is 14.1. The maximum atomic E-state index is 13.3. The summed E-state index contributed by atoms with van der Waals surface area (Å²) in [5, 5.41) is -4.73. The van der Waals surface area contributed by atoms with Crippen molar-refractivity contribution in [2.75, 3.05) is 0 Å². The maximum Gasteiger partial charge on any atom is 0.415 e. The molecule has 2 N–H and O–H groups in total. The Bertz CT molecular complexity index is 676. The normalized spacial score (nSPS) is 14.5. The van der Waals surface area contributed by atoms with Crippen LogP contribution in [0.25, 0.3) is 0 Å². The third-order valence-electron chi connectivity index (χ3n) is 2.40. The zero-order chi connectivity index (χ0) is 17.3. The minimum atomic E-state index is -6.39. The Balaban J connectivity index is 3.23. The molecule has 124 valence electrons. The number of rotatable bonds is 4. The summed E-state index contributed by atoms with van der Waals surface area (Å²) in [5.41, 5.74) is -0.358. The monoisotopic (exact) mass is 459 g/mol. The largest absolute Gasteiger partial charge is 0.415 e. The smallest absolute Gasteiger partial charge is 0.334 e. The van der Waals surface area contributed by atoms with Crippen LogP contribution in [0, 0.1) is 3.57 Å². The number of amides is 1. The Morgan fingerprint density at radius 2 is 1.68 bits per heavy atom. The van der Waals surface area contributed by atoms with Gasteiger partial charge >= 0.3 is 21.5 Å². The second kappa shape index (κ2) is 6.23. The van der Waals surface area contributed by atoms with Gasteiger partial charge in [-0.2, -0.15) is 30.4 Å². The highest BCUT2D eigenvalue weighted by atomic mass is 127. The van der Waals surface area contributed by atoms with Gasteiger partial charge in [0.25, 0.3) is 5.91 Å². The summed E-state index contributed by atoms with van der Waals surface area (Å²) >= 11 is 1.58. The topological polar surface area (TPSA) is 83.5 Å². The average molecular weight is 459 g/mol. The first-order chi connectivity index (χ1) is 9.78. The SMILES string of the molecule is O=C(NC(C(F)(F)F)C(F)(F)S(=O)(=O)O)c1ccccc1I. The lowest BCUT2D eigenvalue weighted by molar-refractivity contribution is -0.191. The van der Waals surface area contributed by atoms with Gasteiger partial charge in [0.15, 0.2) is 0 Å². The lowest BCUT2D eigenvalue weighted by atomic mass is 10.2. The van der Waals surface area contributed by atoms with Crippen LogP contribution in [-0.4, -0.2) is 36.4 Å². The van der Waals surface area contributed by atoms with Gasteiger partial charge in [0.1, 0.15) is 0 Å². The van der Waals surface area contributed by atoms with Crippen molar-refractivity contribution in [3.63, 3.8) is 0 Å². The van der Waals surface area contributed by atoms with Gasteiger partial charge in [-0.25, -0.2) is 0 Å².